The van der Waals surface area contributed by atoms with Crippen molar-refractivity contribution in [2.75, 3.05) is 13.2 Å². The molecule has 21 heavy (non-hydrogen) atoms. The van der Waals surface area contributed by atoms with E-state index in [0.717, 1.165) is 0 Å². The van der Waals surface area contributed by atoms with E-state index in [1.165, 1.54) is 0 Å². The van der Waals surface area contributed by atoms with Gasteiger partial charge in [-0.1, -0.05) is 48.7 Å². The third kappa shape index (κ3) is 12.7. The van der Waals surface area contributed by atoms with Gasteiger partial charge in [-0.05, 0) is 12.3 Å². The van der Waals surface area contributed by atoms with E-state index in [-0.39, 0.29) is 18.8 Å². The van der Waals surface area contributed by atoms with Crippen molar-refractivity contribution < 1.29 is 23.9 Å². The van der Waals surface area contributed by atoms with Crippen molar-refractivity contribution in [2.45, 2.75) is 36.5 Å². The van der Waals surface area contributed by atoms with Gasteiger partial charge in [-0.25, -0.2) is 4.79 Å². The summed E-state index contributed by atoms with van der Waals surface area (Å²) in [6, 6.07) is -0.875. The normalized spacial score (nSPS) is 12.7. The Kier molecular flexibility index (Phi) is 9.74. The van der Waals surface area contributed by atoms with Gasteiger partial charge in [0.05, 0.1) is 12.6 Å². The Hall–Kier alpha value is -0.720. The predicted octanol–water partition coefficient (Wildman–Crippen LogP) is 2.63. The Labute approximate surface area is 138 Å². The highest BCUT2D eigenvalue weighted by Gasteiger charge is 2.23. The van der Waals surface area contributed by atoms with Crippen LogP contribution in [0.25, 0.3) is 0 Å². The van der Waals surface area contributed by atoms with Gasteiger partial charge in [0.25, 0.3) is 0 Å². The Morgan fingerprint density at radius 2 is 1.86 bits per heavy atom. The van der Waals surface area contributed by atoms with E-state index in [0.29, 0.717) is 12.9 Å². The number of esters is 1. The van der Waals surface area contributed by atoms with Crippen molar-refractivity contribution in [1.82, 2.24) is 5.32 Å². The van der Waals surface area contributed by atoms with E-state index in [9.17, 15) is 14.4 Å². The van der Waals surface area contributed by atoms with Crippen LogP contribution < -0.4 is 5.32 Å². The van der Waals surface area contributed by atoms with E-state index >= 15 is 0 Å². The van der Waals surface area contributed by atoms with Crippen LogP contribution in [0.1, 0.15) is 26.7 Å². The van der Waals surface area contributed by atoms with Crippen LogP contribution in [0.2, 0.25) is 0 Å². The van der Waals surface area contributed by atoms with Crippen molar-refractivity contribution >= 4 is 53.2 Å². The van der Waals surface area contributed by atoms with Gasteiger partial charge < -0.3 is 19.6 Å². The first kappa shape index (κ1) is 20.3. The smallest absolute Gasteiger partial charge is 0.407 e. The van der Waals surface area contributed by atoms with Crippen LogP contribution >= 0.6 is 34.8 Å². The summed E-state index contributed by atoms with van der Waals surface area (Å²) >= 11 is 16.2. The van der Waals surface area contributed by atoms with Gasteiger partial charge in [-0.15, -0.1) is 0 Å². The maximum atomic E-state index is 11.4. The third-order valence-electron chi connectivity index (χ3n) is 2.07. The molecule has 1 atom stereocenters. The van der Waals surface area contributed by atoms with Crippen LogP contribution in [-0.2, 0) is 19.1 Å². The molecule has 0 aromatic heterocycles. The molecule has 6 nitrogen and oxygen atoms in total. The number of alkyl halides is 3. The molecule has 0 aliphatic heterocycles. The van der Waals surface area contributed by atoms with Gasteiger partial charge in [0.1, 0.15) is 12.9 Å². The number of hydrogen-bond acceptors (Lipinski definition) is 5. The van der Waals surface area contributed by atoms with Crippen LogP contribution in [0, 0.1) is 5.92 Å². The lowest BCUT2D eigenvalue weighted by Crippen LogP contribution is -2.38. The maximum Gasteiger partial charge on any atom is 0.407 e. The summed E-state index contributed by atoms with van der Waals surface area (Å²) in [5.41, 5.74) is 0. The van der Waals surface area contributed by atoms with Crippen molar-refractivity contribution in [1.29, 1.82) is 0 Å². The minimum Gasteiger partial charge on any atom is -0.465 e. The Bertz CT molecular complexity index is 357. The molecule has 0 spiro atoms. The molecule has 0 fully saturated rings. The largest absolute Gasteiger partial charge is 0.465 e. The lowest BCUT2D eigenvalue weighted by atomic mass is 10.2. The van der Waals surface area contributed by atoms with Crippen molar-refractivity contribution in [2.24, 2.45) is 5.92 Å². The lowest BCUT2D eigenvalue weighted by molar-refractivity contribution is -0.144. The highest BCUT2D eigenvalue weighted by Crippen LogP contribution is 2.25. The molecule has 0 aromatic rings. The molecule has 0 aliphatic rings. The van der Waals surface area contributed by atoms with E-state index in [4.69, 9.17) is 39.5 Å². The molecule has 1 N–H and O–H groups in total. The van der Waals surface area contributed by atoms with E-state index < -0.39 is 28.5 Å². The summed E-state index contributed by atoms with van der Waals surface area (Å²) in [5.74, 6) is -0.210. The SMILES string of the molecule is CC(C)COC(=O)CC[C@@H](C=O)NC(=O)OCC(Cl)(Cl)Cl. The summed E-state index contributed by atoms with van der Waals surface area (Å²) in [6.07, 6.45) is -0.315. The number of carbonyl (C=O) groups is 3. The zero-order valence-corrected chi connectivity index (χ0v) is 14.0. The monoisotopic (exact) mass is 361 g/mol. The lowest BCUT2D eigenvalue weighted by Gasteiger charge is -2.15. The minimum absolute atomic E-state index is 0.000856. The Morgan fingerprint density at radius 1 is 1.24 bits per heavy atom. The van der Waals surface area contributed by atoms with Crippen LogP contribution in [0.4, 0.5) is 4.79 Å². The summed E-state index contributed by atoms with van der Waals surface area (Å²) in [6.45, 7) is 3.67. The second-order valence-electron chi connectivity index (χ2n) is 4.69. The summed E-state index contributed by atoms with van der Waals surface area (Å²) in [7, 11) is 0. The van der Waals surface area contributed by atoms with Gasteiger partial charge in [0.2, 0.25) is 3.79 Å². The molecule has 1 amide bonds. The zero-order valence-electron chi connectivity index (χ0n) is 11.7. The fourth-order valence-corrected chi connectivity index (χ4v) is 1.28. The molecule has 0 rings (SSSR count). The number of rotatable bonds is 8. The average Bonchev–Trinajstić information content (AvgIpc) is 2.37. The number of amides is 1. The van der Waals surface area contributed by atoms with Gasteiger partial charge in [-0.2, -0.15) is 0 Å². The van der Waals surface area contributed by atoms with Crippen molar-refractivity contribution in [3.63, 3.8) is 0 Å². The first-order valence-corrected chi connectivity index (χ1v) is 7.38. The zero-order chi connectivity index (χ0) is 16.5. The molecule has 122 valence electrons. The van der Waals surface area contributed by atoms with Crippen molar-refractivity contribution in [3.05, 3.63) is 0 Å². The molecule has 0 heterocycles. The molecule has 0 aliphatic carbocycles. The molecule has 0 radical (unpaired) electrons. The molecule has 0 saturated heterocycles. The third-order valence-corrected chi connectivity index (χ3v) is 2.40. The Morgan fingerprint density at radius 3 is 2.33 bits per heavy atom. The highest BCUT2D eigenvalue weighted by atomic mass is 35.6. The van der Waals surface area contributed by atoms with Crippen LogP contribution in [0.5, 0.6) is 0 Å². The molecular weight excluding hydrogens is 344 g/mol. The number of carbonyl (C=O) groups excluding carboxylic acids is 3. The number of ether oxygens (including phenoxy) is 2. The predicted molar refractivity (Wildman–Crippen MR) is 79.7 cm³/mol. The summed E-state index contributed by atoms with van der Waals surface area (Å²) in [5, 5.41) is 2.25. The average molecular weight is 363 g/mol. The second-order valence-corrected chi connectivity index (χ2v) is 7.21. The quantitative estimate of drug-likeness (QED) is 0.408. The molecule has 0 bridgehead atoms. The number of nitrogens with one attached hydrogen (secondary N) is 1. The van der Waals surface area contributed by atoms with Crippen LogP contribution in [0.15, 0.2) is 0 Å². The summed E-state index contributed by atoms with van der Waals surface area (Å²) in [4.78, 5) is 33.5. The Balaban J connectivity index is 4.02. The number of halogens is 3. The maximum absolute atomic E-state index is 11.4. The molecular formula is C12H18Cl3NO5. The topological polar surface area (TPSA) is 81.7 Å². The summed E-state index contributed by atoms with van der Waals surface area (Å²) < 4.78 is 7.82. The molecule has 0 unspecified atom stereocenters. The van der Waals surface area contributed by atoms with Crippen LogP contribution in [0.3, 0.4) is 0 Å². The van der Waals surface area contributed by atoms with E-state index in [2.05, 4.69) is 10.1 Å². The van der Waals surface area contributed by atoms with E-state index in [1.807, 2.05) is 13.8 Å². The van der Waals surface area contributed by atoms with E-state index in [1.54, 1.807) is 0 Å². The van der Waals surface area contributed by atoms with Gasteiger partial charge in [0, 0.05) is 6.42 Å². The fourth-order valence-electron chi connectivity index (χ4n) is 1.12. The first-order valence-electron chi connectivity index (χ1n) is 6.25. The second kappa shape index (κ2) is 10.1. The van der Waals surface area contributed by atoms with Crippen molar-refractivity contribution in [3.8, 4) is 0 Å². The van der Waals surface area contributed by atoms with Gasteiger partial charge in [-0.3, -0.25) is 4.79 Å². The van der Waals surface area contributed by atoms with Gasteiger partial charge >= 0.3 is 12.1 Å². The minimum atomic E-state index is -1.73. The molecule has 9 heteroatoms. The standard InChI is InChI=1S/C12H18Cl3NO5/c1-8(2)6-20-10(18)4-3-9(5-17)16-11(19)21-7-12(13,14)15/h5,8-9H,3-4,6-7H2,1-2H3,(H,16,19)/t9-/m0/s1. The molecule has 0 aromatic carbocycles. The van der Waals surface area contributed by atoms with Gasteiger partial charge in [0.15, 0.2) is 0 Å². The number of aldehydes is 1. The number of hydrogen-bond donors (Lipinski definition) is 1. The molecule has 0 saturated carbocycles. The first-order chi connectivity index (χ1) is 9.64. The highest BCUT2D eigenvalue weighted by molar-refractivity contribution is 6.67. The fraction of sp³-hybridized carbons (Fsp3) is 0.750. The number of alkyl carbamates (subject to hydrolysis) is 1. The van der Waals surface area contributed by atoms with Crippen LogP contribution in [-0.4, -0.2) is 41.4 Å².